The summed E-state index contributed by atoms with van der Waals surface area (Å²) in [6.45, 7) is 2.02. The van der Waals surface area contributed by atoms with Gasteiger partial charge in [-0.2, -0.15) is 0 Å². The van der Waals surface area contributed by atoms with Crippen molar-refractivity contribution in [1.82, 2.24) is 0 Å². The highest BCUT2D eigenvalue weighted by atomic mass is 79.9. The number of hydrogen-bond donors (Lipinski definition) is 0. The van der Waals surface area contributed by atoms with Crippen LogP contribution in [0.5, 0.6) is 0 Å². The van der Waals surface area contributed by atoms with Crippen molar-refractivity contribution in [3.8, 4) is 0 Å². The third-order valence-corrected chi connectivity index (χ3v) is 6.16. The highest BCUT2D eigenvalue weighted by molar-refractivity contribution is 9.10. The minimum atomic E-state index is -0.854. The van der Waals surface area contributed by atoms with Gasteiger partial charge in [0.05, 0.1) is 17.4 Å². The van der Waals surface area contributed by atoms with E-state index in [-0.39, 0.29) is 11.8 Å². The van der Waals surface area contributed by atoms with Crippen LogP contribution in [0.3, 0.4) is 0 Å². The molecule has 0 spiro atoms. The maximum Gasteiger partial charge on any atom is 0.266 e. The van der Waals surface area contributed by atoms with E-state index in [0.29, 0.717) is 5.69 Å². The molecule has 2 amide bonds. The predicted octanol–water partition coefficient (Wildman–Crippen LogP) is 4.81. The first-order valence-electron chi connectivity index (χ1n) is 9.75. The van der Waals surface area contributed by atoms with Crippen molar-refractivity contribution < 1.29 is 14.4 Å². The molecule has 0 N–H and O–H groups in total. The summed E-state index contributed by atoms with van der Waals surface area (Å²) in [5, 5.41) is 1.72. The van der Waals surface area contributed by atoms with Crippen molar-refractivity contribution in [3.63, 3.8) is 0 Å². The van der Waals surface area contributed by atoms with Crippen LogP contribution in [0.4, 0.5) is 11.4 Å². The normalized spacial score (nSPS) is 23.2. The van der Waals surface area contributed by atoms with Crippen LogP contribution in [0.25, 0.3) is 0 Å². The summed E-state index contributed by atoms with van der Waals surface area (Å²) in [5.41, 5.74) is 3.44. The lowest BCUT2D eigenvalue weighted by Gasteiger charge is -2.28. The fourth-order valence-corrected chi connectivity index (χ4v) is 4.42. The van der Waals surface area contributed by atoms with Crippen molar-refractivity contribution in [2.75, 3.05) is 9.96 Å². The average molecular weight is 463 g/mol. The zero-order valence-corrected chi connectivity index (χ0v) is 17.8. The molecule has 0 aromatic heterocycles. The maximum atomic E-state index is 13.5. The van der Waals surface area contributed by atoms with Crippen molar-refractivity contribution in [2.24, 2.45) is 5.92 Å². The molecule has 2 saturated heterocycles. The number of halogens is 1. The van der Waals surface area contributed by atoms with Gasteiger partial charge in [0.25, 0.3) is 5.91 Å². The van der Waals surface area contributed by atoms with Crippen molar-refractivity contribution in [3.05, 3.63) is 94.5 Å². The molecular weight excluding hydrogens is 444 g/mol. The Labute approximate surface area is 183 Å². The first kappa shape index (κ1) is 19.0. The number of hydrogen-bond acceptors (Lipinski definition) is 4. The second-order valence-corrected chi connectivity index (χ2v) is 8.47. The van der Waals surface area contributed by atoms with Gasteiger partial charge in [-0.1, -0.05) is 64.0 Å². The van der Waals surface area contributed by atoms with E-state index in [4.69, 9.17) is 4.84 Å². The van der Waals surface area contributed by atoms with E-state index in [1.165, 1.54) is 4.90 Å². The van der Waals surface area contributed by atoms with Gasteiger partial charge in [0.1, 0.15) is 5.92 Å². The van der Waals surface area contributed by atoms with Crippen molar-refractivity contribution in [2.45, 2.75) is 19.1 Å². The number of fused-ring (bicyclic) bond motifs is 1. The summed E-state index contributed by atoms with van der Waals surface area (Å²) < 4.78 is 0.884. The summed E-state index contributed by atoms with van der Waals surface area (Å²) in [6, 6.07) is 24.4. The molecule has 30 heavy (non-hydrogen) atoms. The van der Waals surface area contributed by atoms with Gasteiger partial charge in [-0.25, -0.2) is 9.96 Å². The Hall–Kier alpha value is -2.96. The quantitative estimate of drug-likeness (QED) is 0.524. The standard InChI is InChI=1S/C24H19BrN2O3/c1-15-7-9-16(10-8-15)21-20-22(30-27(21)19-5-3-2-4-6-19)24(29)26(23(20)28)18-13-11-17(25)12-14-18/h2-14,20-22H,1H3/t20-,21+,22-/m1/s1. The third kappa shape index (κ3) is 3.04. The molecule has 5 nitrogen and oxygen atoms in total. The van der Waals surface area contributed by atoms with Crippen molar-refractivity contribution in [1.29, 1.82) is 0 Å². The number of anilines is 2. The van der Waals surface area contributed by atoms with Crippen LogP contribution in [0.15, 0.2) is 83.3 Å². The van der Waals surface area contributed by atoms with Gasteiger partial charge < -0.3 is 0 Å². The van der Waals surface area contributed by atoms with E-state index in [1.54, 1.807) is 17.2 Å². The number of hydroxylamine groups is 1. The van der Waals surface area contributed by atoms with Crippen LogP contribution in [0, 0.1) is 12.8 Å². The van der Waals surface area contributed by atoms with Gasteiger partial charge in [0, 0.05) is 4.47 Å². The second kappa shape index (κ2) is 7.38. The van der Waals surface area contributed by atoms with Gasteiger partial charge >= 0.3 is 0 Å². The van der Waals surface area contributed by atoms with E-state index in [9.17, 15) is 9.59 Å². The highest BCUT2D eigenvalue weighted by Crippen LogP contribution is 2.47. The molecule has 0 unspecified atom stereocenters. The highest BCUT2D eigenvalue weighted by Gasteiger charge is 2.60. The summed E-state index contributed by atoms with van der Waals surface area (Å²) in [6.07, 6.45) is -0.854. The lowest BCUT2D eigenvalue weighted by Crippen LogP contribution is -2.37. The molecule has 3 aromatic rings. The Morgan fingerprint density at radius 2 is 1.47 bits per heavy atom. The van der Waals surface area contributed by atoms with E-state index in [0.717, 1.165) is 21.3 Å². The van der Waals surface area contributed by atoms with Crippen LogP contribution >= 0.6 is 15.9 Å². The van der Waals surface area contributed by atoms with Gasteiger partial charge in [-0.05, 0) is 48.9 Å². The lowest BCUT2D eigenvalue weighted by atomic mass is 9.90. The van der Waals surface area contributed by atoms with Crippen LogP contribution in [-0.2, 0) is 14.4 Å². The van der Waals surface area contributed by atoms with E-state index < -0.39 is 18.1 Å². The predicted molar refractivity (Wildman–Crippen MR) is 118 cm³/mol. The molecule has 2 heterocycles. The van der Waals surface area contributed by atoms with Gasteiger partial charge in [0.2, 0.25) is 5.91 Å². The number of rotatable bonds is 3. The maximum absolute atomic E-state index is 13.5. The number of aryl methyl sites for hydroxylation is 1. The van der Waals surface area contributed by atoms with Gasteiger partial charge in [0.15, 0.2) is 6.10 Å². The summed E-state index contributed by atoms with van der Waals surface area (Å²) >= 11 is 3.39. The SMILES string of the molecule is Cc1ccc([C@H]2[C@H]3C(=O)N(c4ccc(Br)cc4)C(=O)[C@@H]3ON2c2ccccc2)cc1. The summed E-state index contributed by atoms with van der Waals surface area (Å²) in [4.78, 5) is 34.1. The molecule has 6 heteroatoms. The second-order valence-electron chi connectivity index (χ2n) is 7.56. The number of carbonyl (C=O) groups excluding carboxylic acids is 2. The van der Waals surface area contributed by atoms with Crippen LogP contribution in [0.1, 0.15) is 17.2 Å². The number of carbonyl (C=O) groups is 2. The smallest absolute Gasteiger partial charge is 0.266 e. The molecule has 2 aliphatic heterocycles. The van der Waals surface area contributed by atoms with Crippen molar-refractivity contribution >= 4 is 39.1 Å². The molecule has 3 aromatic carbocycles. The topological polar surface area (TPSA) is 49.9 Å². The Morgan fingerprint density at radius 3 is 2.13 bits per heavy atom. The summed E-state index contributed by atoms with van der Waals surface area (Å²) in [7, 11) is 0. The van der Waals surface area contributed by atoms with E-state index in [1.807, 2.05) is 73.7 Å². The fourth-order valence-electron chi connectivity index (χ4n) is 4.16. The minimum Gasteiger partial charge on any atom is -0.273 e. The monoisotopic (exact) mass is 462 g/mol. The Morgan fingerprint density at radius 1 is 0.800 bits per heavy atom. The number of amides is 2. The molecule has 0 saturated carbocycles. The van der Waals surface area contributed by atoms with Gasteiger partial charge in [-0.3, -0.25) is 14.4 Å². The first-order valence-corrected chi connectivity index (χ1v) is 10.5. The molecule has 3 atom stereocenters. The van der Waals surface area contributed by atoms with E-state index >= 15 is 0 Å². The number of imide groups is 1. The Balaban J connectivity index is 1.58. The summed E-state index contributed by atoms with van der Waals surface area (Å²) in [5.74, 6) is -1.19. The third-order valence-electron chi connectivity index (χ3n) is 5.63. The van der Waals surface area contributed by atoms with Crippen LogP contribution in [-0.4, -0.2) is 17.9 Å². The minimum absolute atomic E-state index is 0.240. The molecule has 2 aliphatic rings. The van der Waals surface area contributed by atoms with Gasteiger partial charge in [-0.15, -0.1) is 0 Å². The number of para-hydroxylation sites is 1. The number of nitrogens with zero attached hydrogens (tertiary/aromatic N) is 2. The lowest BCUT2D eigenvalue weighted by molar-refractivity contribution is -0.126. The van der Waals surface area contributed by atoms with Crippen LogP contribution in [0.2, 0.25) is 0 Å². The Kier molecular flexibility index (Phi) is 4.68. The molecule has 150 valence electrons. The molecule has 0 aliphatic carbocycles. The first-order chi connectivity index (χ1) is 14.5. The molecular formula is C24H19BrN2O3. The zero-order chi connectivity index (χ0) is 20.8. The van der Waals surface area contributed by atoms with E-state index in [2.05, 4.69) is 15.9 Å². The largest absolute Gasteiger partial charge is 0.273 e. The molecule has 5 rings (SSSR count). The average Bonchev–Trinajstić information content (AvgIpc) is 3.27. The zero-order valence-electron chi connectivity index (χ0n) is 16.2. The van der Waals surface area contributed by atoms with Crippen LogP contribution < -0.4 is 9.96 Å². The molecule has 0 bridgehead atoms. The Bertz CT molecular complexity index is 1100. The fraction of sp³-hybridized carbons (Fsp3) is 0.167. The molecule has 0 radical (unpaired) electrons. The molecule has 2 fully saturated rings. The number of benzene rings is 3.